The molecule has 0 aromatic heterocycles. The second-order valence-corrected chi connectivity index (χ2v) is 6.32. The molecule has 1 atom stereocenters. The van der Waals surface area contributed by atoms with Crippen molar-refractivity contribution >= 4 is 11.8 Å². The number of nitrogens with one attached hydrogen (secondary N) is 1. The maximum Gasteiger partial charge on any atom is 0.412 e. The van der Waals surface area contributed by atoms with Crippen LogP contribution in [-0.4, -0.2) is 22.9 Å². The number of rotatable bonds is 6. The Morgan fingerprint density at radius 3 is 2.43 bits per heavy atom. The largest absolute Gasteiger partial charge is 0.444 e. The molecule has 1 rings (SSSR count). The van der Waals surface area contributed by atoms with Crippen LogP contribution < -0.4 is 5.32 Å². The lowest BCUT2D eigenvalue weighted by molar-refractivity contribution is 0.0636. The summed E-state index contributed by atoms with van der Waals surface area (Å²) >= 11 is 0. The molecule has 0 aliphatic carbocycles. The van der Waals surface area contributed by atoms with Gasteiger partial charge in [-0.25, -0.2) is 4.79 Å². The van der Waals surface area contributed by atoms with Gasteiger partial charge < -0.3 is 9.84 Å². The summed E-state index contributed by atoms with van der Waals surface area (Å²) in [7, 11) is 0. The first-order valence-corrected chi connectivity index (χ1v) is 7.57. The van der Waals surface area contributed by atoms with Gasteiger partial charge in [0, 0.05) is 5.69 Å². The van der Waals surface area contributed by atoms with Crippen LogP contribution in [0.25, 0.3) is 0 Å². The quantitative estimate of drug-likeness (QED) is 0.829. The van der Waals surface area contributed by atoms with Gasteiger partial charge in [0.2, 0.25) is 0 Å². The van der Waals surface area contributed by atoms with E-state index in [2.05, 4.69) is 12.2 Å². The Labute approximate surface area is 127 Å². The van der Waals surface area contributed by atoms with Crippen LogP contribution in [0.15, 0.2) is 24.3 Å². The molecule has 4 heteroatoms. The number of carbonyl (C=O) groups is 1. The van der Waals surface area contributed by atoms with E-state index in [-0.39, 0.29) is 6.10 Å². The van der Waals surface area contributed by atoms with Gasteiger partial charge in [-0.05, 0) is 51.3 Å². The van der Waals surface area contributed by atoms with Crippen LogP contribution in [-0.2, 0) is 11.2 Å². The molecule has 0 saturated carbocycles. The van der Waals surface area contributed by atoms with Crippen LogP contribution in [0.2, 0.25) is 0 Å². The number of benzene rings is 1. The molecule has 2 N–H and O–H groups in total. The Morgan fingerprint density at radius 2 is 1.90 bits per heavy atom. The van der Waals surface area contributed by atoms with Crippen LogP contribution in [0.1, 0.15) is 52.5 Å². The lowest BCUT2D eigenvalue weighted by atomic mass is 10.0. The fourth-order valence-corrected chi connectivity index (χ4v) is 1.96. The third-order valence-electron chi connectivity index (χ3n) is 2.96. The monoisotopic (exact) mass is 293 g/mol. The molecule has 4 nitrogen and oxygen atoms in total. The fourth-order valence-electron chi connectivity index (χ4n) is 1.96. The van der Waals surface area contributed by atoms with E-state index in [9.17, 15) is 9.90 Å². The van der Waals surface area contributed by atoms with Crippen LogP contribution in [0, 0.1) is 0 Å². The van der Waals surface area contributed by atoms with Gasteiger partial charge in [0.1, 0.15) is 5.60 Å². The number of aliphatic hydroxyl groups excluding tert-OH is 1. The molecule has 0 spiro atoms. The van der Waals surface area contributed by atoms with E-state index >= 15 is 0 Å². The van der Waals surface area contributed by atoms with E-state index in [0.29, 0.717) is 12.1 Å². The number of hydrogen-bond donors (Lipinski definition) is 2. The zero-order valence-electron chi connectivity index (χ0n) is 13.5. The minimum absolute atomic E-state index is 0.297. The maximum atomic E-state index is 11.6. The SMILES string of the molecule is CCCCC(O)Cc1ccc(NC(=O)OC(C)(C)C)cc1. The Balaban J connectivity index is 2.48. The lowest BCUT2D eigenvalue weighted by Gasteiger charge is -2.19. The number of carbonyl (C=O) groups excluding carboxylic acids is 1. The number of ether oxygens (including phenoxy) is 1. The molecule has 0 bridgehead atoms. The number of amides is 1. The standard InChI is InChI=1S/C17H27NO3/c1-5-6-7-15(19)12-13-8-10-14(11-9-13)18-16(20)21-17(2,3)4/h8-11,15,19H,5-7,12H2,1-4H3,(H,18,20). The van der Waals surface area contributed by atoms with Gasteiger partial charge >= 0.3 is 6.09 Å². The molecular weight excluding hydrogens is 266 g/mol. The van der Waals surface area contributed by atoms with Crippen molar-refractivity contribution in [3.05, 3.63) is 29.8 Å². The topological polar surface area (TPSA) is 58.6 Å². The van der Waals surface area contributed by atoms with Crippen LogP contribution in [0.4, 0.5) is 10.5 Å². The highest BCUT2D eigenvalue weighted by molar-refractivity contribution is 5.84. The first-order chi connectivity index (χ1) is 9.80. The predicted molar refractivity (Wildman–Crippen MR) is 85.5 cm³/mol. The number of unbranched alkanes of at least 4 members (excludes halogenated alkanes) is 1. The average molecular weight is 293 g/mol. The van der Waals surface area contributed by atoms with E-state index in [1.54, 1.807) is 0 Å². The summed E-state index contributed by atoms with van der Waals surface area (Å²) in [6, 6.07) is 7.49. The third kappa shape index (κ3) is 7.71. The van der Waals surface area contributed by atoms with Crippen molar-refractivity contribution in [3.8, 4) is 0 Å². The smallest absolute Gasteiger partial charge is 0.412 e. The highest BCUT2D eigenvalue weighted by Crippen LogP contribution is 2.15. The van der Waals surface area contributed by atoms with Gasteiger partial charge in [0.25, 0.3) is 0 Å². The van der Waals surface area contributed by atoms with Gasteiger partial charge in [-0.2, -0.15) is 0 Å². The molecule has 1 amide bonds. The highest BCUT2D eigenvalue weighted by atomic mass is 16.6. The van der Waals surface area contributed by atoms with Crippen LogP contribution in [0.5, 0.6) is 0 Å². The molecule has 0 radical (unpaired) electrons. The van der Waals surface area contributed by atoms with Crippen LogP contribution in [0.3, 0.4) is 0 Å². The van der Waals surface area contributed by atoms with E-state index in [4.69, 9.17) is 4.74 Å². The Kier molecular flexibility index (Phi) is 6.69. The second kappa shape index (κ2) is 8.03. The van der Waals surface area contributed by atoms with E-state index < -0.39 is 11.7 Å². The molecule has 0 heterocycles. The summed E-state index contributed by atoms with van der Waals surface area (Å²) in [6.45, 7) is 7.60. The Bertz CT molecular complexity index is 434. The first-order valence-electron chi connectivity index (χ1n) is 7.57. The highest BCUT2D eigenvalue weighted by Gasteiger charge is 2.16. The van der Waals surface area contributed by atoms with Crippen molar-refractivity contribution in [1.29, 1.82) is 0 Å². The van der Waals surface area contributed by atoms with Gasteiger partial charge in [0.05, 0.1) is 6.10 Å². The molecule has 0 fully saturated rings. The van der Waals surface area contributed by atoms with Crippen LogP contribution >= 0.6 is 0 Å². The minimum Gasteiger partial charge on any atom is -0.444 e. The van der Waals surface area contributed by atoms with Gasteiger partial charge in [-0.3, -0.25) is 5.32 Å². The summed E-state index contributed by atoms with van der Waals surface area (Å²) in [5.74, 6) is 0. The molecular formula is C17H27NO3. The molecule has 118 valence electrons. The van der Waals surface area contributed by atoms with Crippen molar-refractivity contribution in [1.82, 2.24) is 0 Å². The number of hydrogen-bond acceptors (Lipinski definition) is 3. The van der Waals surface area contributed by atoms with Crippen molar-refractivity contribution in [2.24, 2.45) is 0 Å². The van der Waals surface area contributed by atoms with Gasteiger partial charge in [0.15, 0.2) is 0 Å². The molecule has 1 unspecified atom stereocenters. The molecule has 1 aromatic carbocycles. The zero-order valence-corrected chi connectivity index (χ0v) is 13.5. The number of anilines is 1. The fraction of sp³-hybridized carbons (Fsp3) is 0.588. The maximum absolute atomic E-state index is 11.6. The van der Waals surface area contributed by atoms with Gasteiger partial charge in [-0.15, -0.1) is 0 Å². The summed E-state index contributed by atoms with van der Waals surface area (Å²) in [6.07, 6.45) is 2.85. The zero-order chi connectivity index (χ0) is 15.9. The Hall–Kier alpha value is -1.55. The predicted octanol–water partition coefficient (Wildman–Crippen LogP) is 4.13. The Morgan fingerprint density at radius 1 is 1.29 bits per heavy atom. The van der Waals surface area contributed by atoms with Crippen molar-refractivity contribution < 1.29 is 14.6 Å². The van der Waals surface area contributed by atoms with Crippen molar-refractivity contribution in [2.75, 3.05) is 5.32 Å². The molecule has 1 aromatic rings. The normalized spacial score (nSPS) is 12.8. The van der Waals surface area contributed by atoms with Crippen molar-refractivity contribution in [2.45, 2.75) is 65.1 Å². The van der Waals surface area contributed by atoms with E-state index in [1.165, 1.54) is 0 Å². The summed E-state index contributed by atoms with van der Waals surface area (Å²) in [5.41, 5.74) is 1.25. The van der Waals surface area contributed by atoms with E-state index in [1.807, 2.05) is 45.0 Å². The summed E-state index contributed by atoms with van der Waals surface area (Å²) in [5, 5.41) is 12.6. The molecule has 21 heavy (non-hydrogen) atoms. The summed E-state index contributed by atoms with van der Waals surface area (Å²) < 4.78 is 5.19. The molecule has 0 saturated heterocycles. The van der Waals surface area contributed by atoms with Gasteiger partial charge in [-0.1, -0.05) is 31.9 Å². The first kappa shape index (κ1) is 17.5. The third-order valence-corrected chi connectivity index (χ3v) is 2.96. The molecule has 0 aliphatic heterocycles. The lowest BCUT2D eigenvalue weighted by Crippen LogP contribution is -2.27. The van der Waals surface area contributed by atoms with E-state index in [0.717, 1.165) is 24.8 Å². The minimum atomic E-state index is -0.507. The van der Waals surface area contributed by atoms with Crippen molar-refractivity contribution in [3.63, 3.8) is 0 Å². The second-order valence-electron chi connectivity index (χ2n) is 6.32. The number of aliphatic hydroxyl groups is 1. The molecule has 0 aliphatic rings. The summed E-state index contributed by atoms with van der Waals surface area (Å²) in [4.78, 5) is 11.6. The average Bonchev–Trinajstić information content (AvgIpc) is 2.36.